The Balaban J connectivity index is 2.00. The zero-order valence-electron chi connectivity index (χ0n) is 10.1. The largest absolute Gasteiger partial charge is 0.486 e. The van der Waals surface area contributed by atoms with Crippen molar-refractivity contribution in [3.8, 4) is 5.75 Å². The summed E-state index contributed by atoms with van der Waals surface area (Å²) < 4.78 is 13.1. The number of rotatable bonds is 2. The molecule has 1 fully saturated rings. The van der Waals surface area contributed by atoms with Crippen LogP contribution in [0.5, 0.6) is 5.75 Å². The molecule has 4 nitrogen and oxygen atoms in total. The van der Waals surface area contributed by atoms with Crippen LogP contribution >= 0.6 is 0 Å². The van der Waals surface area contributed by atoms with Crippen LogP contribution in [0.15, 0.2) is 18.3 Å². The van der Waals surface area contributed by atoms with E-state index in [1.54, 1.807) is 0 Å². The molecule has 0 spiro atoms. The van der Waals surface area contributed by atoms with E-state index in [0.29, 0.717) is 6.61 Å². The molecule has 4 heteroatoms. The van der Waals surface area contributed by atoms with Crippen molar-refractivity contribution in [2.75, 3.05) is 13.2 Å². The van der Waals surface area contributed by atoms with Crippen molar-refractivity contribution >= 4 is 10.9 Å². The van der Waals surface area contributed by atoms with Gasteiger partial charge in [-0.2, -0.15) is 5.10 Å². The van der Waals surface area contributed by atoms with Crippen LogP contribution in [0.4, 0.5) is 0 Å². The number of nitrogens with zero attached hydrogens (tertiary/aromatic N) is 2. The number of benzene rings is 1. The lowest BCUT2D eigenvalue weighted by atomic mass is 10.1. The van der Waals surface area contributed by atoms with Gasteiger partial charge in [-0.25, -0.2) is 0 Å². The Bertz CT molecular complexity index is 542. The second kappa shape index (κ2) is 4.04. The van der Waals surface area contributed by atoms with Crippen molar-refractivity contribution in [3.05, 3.63) is 23.9 Å². The molecular weight excluding hydrogens is 216 g/mol. The summed E-state index contributed by atoms with van der Waals surface area (Å²) in [7, 11) is 1.93. The molecule has 1 aromatic heterocycles. The van der Waals surface area contributed by atoms with E-state index in [9.17, 15) is 0 Å². The number of hydrogen-bond acceptors (Lipinski definition) is 3. The Morgan fingerprint density at radius 2 is 2.35 bits per heavy atom. The predicted molar refractivity (Wildman–Crippen MR) is 65.3 cm³/mol. The van der Waals surface area contributed by atoms with E-state index in [-0.39, 0.29) is 6.10 Å². The summed E-state index contributed by atoms with van der Waals surface area (Å²) in [5.74, 6) is 0.863. The Morgan fingerprint density at radius 1 is 1.47 bits per heavy atom. The Morgan fingerprint density at radius 3 is 3.12 bits per heavy atom. The van der Waals surface area contributed by atoms with Crippen LogP contribution in [0.3, 0.4) is 0 Å². The molecule has 1 aromatic carbocycles. The molecule has 0 N–H and O–H groups in total. The van der Waals surface area contributed by atoms with Crippen molar-refractivity contribution in [2.45, 2.75) is 19.4 Å². The molecule has 0 radical (unpaired) electrons. The summed E-state index contributed by atoms with van der Waals surface area (Å²) in [5, 5.41) is 5.62. The normalized spacial score (nSPS) is 20.0. The molecular formula is C13H16N2O2. The lowest BCUT2D eigenvalue weighted by molar-refractivity contribution is 0.142. The quantitative estimate of drug-likeness (QED) is 0.795. The third-order valence-corrected chi connectivity index (χ3v) is 3.15. The molecule has 0 amide bonds. The highest BCUT2D eigenvalue weighted by Gasteiger charge is 2.19. The molecule has 0 saturated carbocycles. The molecule has 1 saturated heterocycles. The lowest BCUT2D eigenvalue weighted by Crippen LogP contribution is -2.15. The highest BCUT2D eigenvalue weighted by Crippen LogP contribution is 2.28. The summed E-state index contributed by atoms with van der Waals surface area (Å²) in [6.45, 7) is 3.57. The van der Waals surface area contributed by atoms with Gasteiger partial charge in [0.2, 0.25) is 0 Å². The smallest absolute Gasteiger partial charge is 0.147 e. The van der Waals surface area contributed by atoms with Crippen LogP contribution in [0, 0.1) is 6.92 Å². The monoisotopic (exact) mass is 232 g/mol. The molecule has 1 aliphatic heterocycles. The minimum atomic E-state index is 0.169. The molecule has 17 heavy (non-hydrogen) atoms. The topological polar surface area (TPSA) is 36.3 Å². The van der Waals surface area contributed by atoms with Crippen molar-refractivity contribution in [2.24, 2.45) is 7.05 Å². The summed E-state index contributed by atoms with van der Waals surface area (Å²) in [4.78, 5) is 0. The number of ether oxygens (including phenoxy) is 2. The Hall–Kier alpha value is -1.55. The van der Waals surface area contributed by atoms with Gasteiger partial charge in [-0.3, -0.25) is 4.68 Å². The Labute approximate surface area is 100 Å². The molecule has 1 unspecified atom stereocenters. The van der Waals surface area contributed by atoms with Crippen molar-refractivity contribution in [1.29, 1.82) is 0 Å². The fraction of sp³-hybridized carbons (Fsp3) is 0.462. The lowest BCUT2D eigenvalue weighted by Gasteiger charge is -2.12. The van der Waals surface area contributed by atoms with Gasteiger partial charge in [0, 0.05) is 25.1 Å². The fourth-order valence-corrected chi connectivity index (χ4v) is 2.21. The molecule has 0 aliphatic carbocycles. The minimum Gasteiger partial charge on any atom is -0.486 e. The van der Waals surface area contributed by atoms with Gasteiger partial charge in [-0.15, -0.1) is 0 Å². The van der Waals surface area contributed by atoms with Crippen LogP contribution in [-0.4, -0.2) is 29.1 Å². The first kappa shape index (κ1) is 10.6. The number of aryl methyl sites for hydroxylation is 2. The van der Waals surface area contributed by atoms with Gasteiger partial charge in [0.15, 0.2) is 0 Å². The van der Waals surface area contributed by atoms with Crippen molar-refractivity contribution in [1.82, 2.24) is 9.78 Å². The molecule has 0 bridgehead atoms. The average Bonchev–Trinajstić information content (AvgIpc) is 2.91. The molecule has 3 rings (SSSR count). The van der Waals surface area contributed by atoms with E-state index >= 15 is 0 Å². The maximum Gasteiger partial charge on any atom is 0.147 e. The number of hydrogen-bond donors (Lipinski definition) is 0. The summed E-state index contributed by atoms with van der Waals surface area (Å²) >= 11 is 0. The predicted octanol–water partition coefficient (Wildman–Crippen LogP) is 2.05. The van der Waals surface area contributed by atoms with Crippen LogP contribution < -0.4 is 4.74 Å². The van der Waals surface area contributed by atoms with Gasteiger partial charge in [-0.1, -0.05) is 6.07 Å². The second-order valence-corrected chi connectivity index (χ2v) is 4.55. The maximum absolute atomic E-state index is 5.96. The van der Waals surface area contributed by atoms with Gasteiger partial charge in [-0.05, 0) is 18.6 Å². The van der Waals surface area contributed by atoms with Gasteiger partial charge in [0.1, 0.15) is 17.4 Å². The van der Waals surface area contributed by atoms with E-state index in [1.165, 1.54) is 5.56 Å². The SMILES string of the molecule is Cc1ccc(OC2CCOC2)c2nn(C)cc12. The van der Waals surface area contributed by atoms with Crippen LogP contribution in [0.1, 0.15) is 12.0 Å². The molecule has 1 aliphatic rings. The summed E-state index contributed by atoms with van der Waals surface area (Å²) in [6.07, 6.45) is 3.16. The van der Waals surface area contributed by atoms with Gasteiger partial charge < -0.3 is 9.47 Å². The van der Waals surface area contributed by atoms with E-state index in [1.807, 2.05) is 24.0 Å². The fourth-order valence-electron chi connectivity index (χ4n) is 2.21. The molecule has 90 valence electrons. The molecule has 1 atom stereocenters. The van der Waals surface area contributed by atoms with E-state index < -0.39 is 0 Å². The van der Waals surface area contributed by atoms with Gasteiger partial charge in [0.25, 0.3) is 0 Å². The highest BCUT2D eigenvalue weighted by molar-refractivity contribution is 5.87. The third-order valence-electron chi connectivity index (χ3n) is 3.15. The van der Waals surface area contributed by atoms with E-state index in [2.05, 4.69) is 18.1 Å². The summed E-state index contributed by atoms with van der Waals surface area (Å²) in [5.41, 5.74) is 2.17. The first-order valence-electron chi connectivity index (χ1n) is 5.91. The maximum atomic E-state index is 5.96. The standard InChI is InChI=1S/C13H16N2O2/c1-9-3-4-12(17-10-5-6-16-8-10)13-11(9)7-15(2)14-13/h3-4,7,10H,5-6,8H2,1-2H3. The average molecular weight is 232 g/mol. The van der Waals surface area contributed by atoms with Crippen LogP contribution in [-0.2, 0) is 11.8 Å². The minimum absolute atomic E-state index is 0.169. The Kier molecular flexibility index (Phi) is 2.52. The third kappa shape index (κ3) is 1.89. The van der Waals surface area contributed by atoms with Crippen molar-refractivity contribution in [3.63, 3.8) is 0 Å². The van der Waals surface area contributed by atoms with Crippen LogP contribution in [0.25, 0.3) is 10.9 Å². The first-order valence-corrected chi connectivity index (χ1v) is 5.91. The highest BCUT2D eigenvalue weighted by atomic mass is 16.5. The van der Waals surface area contributed by atoms with E-state index in [4.69, 9.17) is 9.47 Å². The van der Waals surface area contributed by atoms with Gasteiger partial charge >= 0.3 is 0 Å². The summed E-state index contributed by atoms with van der Waals surface area (Å²) in [6, 6.07) is 4.08. The molecule has 2 heterocycles. The first-order chi connectivity index (χ1) is 8.24. The number of aromatic nitrogens is 2. The van der Waals surface area contributed by atoms with Crippen molar-refractivity contribution < 1.29 is 9.47 Å². The molecule has 2 aromatic rings. The van der Waals surface area contributed by atoms with Gasteiger partial charge in [0.05, 0.1) is 13.2 Å². The second-order valence-electron chi connectivity index (χ2n) is 4.55. The van der Waals surface area contributed by atoms with Crippen LogP contribution in [0.2, 0.25) is 0 Å². The number of fused-ring (bicyclic) bond motifs is 1. The van der Waals surface area contributed by atoms with E-state index in [0.717, 1.165) is 29.7 Å². The zero-order chi connectivity index (χ0) is 11.8. The zero-order valence-corrected chi connectivity index (χ0v) is 10.1.